The van der Waals surface area contributed by atoms with Crippen LogP contribution in [0.5, 0.6) is 0 Å². The van der Waals surface area contributed by atoms with Gasteiger partial charge in [-0.25, -0.2) is 0 Å². The van der Waals surface area contributed by atoms with E-state index in [4.69, 9.17) is 4.74 Å². The molecular weight excluding hydrogens is 174 g/mol. The van der Waals surface area contributed by atoms with Crippen molar-refractivity contribution in [3.05, 3.63) is 0 Å². The van der Waals surface area contributed by atoms with Gasteiger partial charge in [-0.2, -0.15) is 0 Å². The molecule has 2 heteroatoms. The van der Waals surface area contributed by atoms with Gasteiger partial charge in [-0.15, -0.1) is 0 Å². The lowest BCUT2D eigenvalue weighted by Gasteiger charge is -2.31. The largest absolute Gasteiger partial charge is 0.376 e. The molecule has 2 nitrogen and oxygen atoms in total. The molecule has 14 heavy (non-hydrogen) atoms. The van der Waals surface area contributed by atoms with Crippen molar-refractivity contribution in [3.63, 3.8) is 0 Å². The summed E-state index contributed by atoms with van der Waals surface area (Å²) in [5.41, 5.74) is 0. The fourth-order valence-corrected chi connectivity index (χ4v) is 1.31. The Kier molecular flexibility index (Phi) is 15.1. The van der Waals surface area contributed by atoms with Crippen LogP contribution in [0.1, 0.15) is 48.0 Å². The molecule has 1 heterocycles. The summed E-state index contributed by atoms with van der Waals surface area (Å²) in [4.78, 5) is 2.44. The fraction of sp³-hybridized carbons (Fsp3) is 1.00. The Morgan fingerprint density at radius 1 is 1.14 bits per heavy atom. The van der Waals surface area contributed by atoms with E-state index in [0.29, 0.717) is 6.10 Å². The lowest BCUT2D eigenvalue weighted by molar-refractivity contribution is -0.0278. The highest BCUT2D eigenvalue weighted by atomic mass is 16.5. The fourth-order valence-electron chi connectivity index (χ4n) is 1.31. The quantitative estimate of drug-likeness (QED) is 0.683. The molecule has 0 radical (unpaired) electrons. The molecule has 1 saturated heterocycles. The molecule has 1 unspecified atom stereocenters. The molecule has 0 aliphatic carbocycles. The molecule has 1 aliphatic rings. The van der Waals surface area contributed by atoms with Crippen molar-refractivity contribution in [2.45, 2.75) is 54.1 Å². The molecule has 0 aromatic carbocycles. The molecule has 1 fully saturated rings. The summed E-state index contributed by atoms with van der Waals surface area (Å²) in [5.74, 6) is 0. The van der Waals surface area contributed by atoms with E-state index in [9.17, 15) is 0 Å². The molecule has 0 aromatic rings. The van der Waals surface area contributed by atoms with E-state index < -0.39 is 0 Å². The molecular formula is C12H29NO. The van der Waals surface area contributed by atoms with Crippen LogP contribution in [0, 0.1) is 0 Å². The first kappa shape index (κ1) is 16.4. The Bertz CT molecular complexity index is 86.3. The summed E-state index contributed by atoms with van der Waals surface area (Å²) in [6.45, 7) is 16.7. The Morgan fingerprint density at radius 2 is 1.71 bits per heavy atom. The molecule has 1 aliphatic heterocycles. The third-order valence-electron chi connectivity index (χ3n) is 2.13. The summed E-state index contributed by atoms with van der Waals surface area (Å²) in [6, 6.07) is 0. The first-order chi connectivity index (χ1) is 6.86. The molecule has 0 amide bonds. The zero-order valence-electron chi connectivity index (χ0n) is 11.0. The van der Waals surface area contributed by atoms with E-state index in [-0.39, 0.29) is 0 Å². The number of hydrogen-bond acceptors (Lipinski definition) is 2. The van der Waals surface area contributed by atoms with Gasteiger partial charge in [0.05, 0.1) is 12.7 Å². The third-order valence-corrected chi connectivity index (χ3v) is 2.13. The predicted molar refractivity (Wildman–Crippen MR) is 64.8 cm³/mol. The smallest absolute Gasteiger partial charge is 0.0700 e. The van der Waals surface area contributed by atoms with E-state index in [2.05, 4.69) is 18.7 Å². The minimum atomic E-state index is 0.494. The van der Waals surface area contributed by atoms with Crippen LogP contribution in [-0.4, -0.2) is 37.2 Å². The number of ether oxygens (including phenoxy) is 1. The number of hydrogen-bond donors (Lipinski definition) is 0. The second-order valence-corrected chi connectivity index (χ2v) is 2.79. The normalized spacial score (nSPS) is 21.4. The van der Waals surface area contributed by atoms with Crippen LogP contribution < -0.4 is 0 Å². The van der Waals surface area contributed by atoms with Gasteiger partial charge < -0.3 is 4.74 Å². The van der Waals surface area contributed by atoms with Gasteiger partial charge in [0.2, 0.25) is 0 Å². The minimum Gasteiger partial charge on any atom is -0.376 e. The maximum Gasteiger partial charge on any atom is 0.0700 e. The average Bonchev–Trinajstić information content (AvgIpc) is 2.34. The monoisotopic (exact) mass is 203 g/mol. The zero-order valence-corrected chi connectivity index (χ0v) is 11.0. The Balaban J connectivity index is 0. The third kappa shape index (κ3) is 7.34. The molecule has 0 saturated carbocycles. The SMILES string of the molecule is CC.CC.CCC1CN(CC)CCO1. The second-order valence-electron chi connectivity index (χ2n) is 2.79. The summed E-state index contributed by atoms with van der Waals surface area (Å²) in [7, 11) is 0. The van der Waals surface area contributed by atoms with E-state index in [0.717, 1.165) is 26.1 Å². The van der Waals surface area contributed by atoms with Gasteiger partial charge in [-0.3, -0.25) is 4.90 Å². The van der Waals surface area contributed by atoms with Crippen LogP contribution in [0.15, 0.2) is 0 Å². The summed E-state index contributed by atoms with van der Waals surface area (Å²) in [6.07, 6.45) is 1.64. The van der Waals surface area contributed by atoms with Gasteiger partial charge in [0, 0.05) is 13.1 Å². The lowest BCUT2D eigenvalue weighted by atomic mass is 10.2. The standard InChI is InChI=1S/C8H17NO.2C2H6/c1-3-8-7-9(4-2)5-6-10-8;2*1-2/h8H,3-7H2,1-2H3;2*1-2H3. The van der Waals surface area contributed by atoms with Crippen LogP contribution in [0.3, 0.4) is 0 Å². The molecule has 0 N–H and O–H groups in total. The van der Waals surface area contributed by atoms with Crippen molar-refractivity contribution in [3.8, 4) is 0 Å². The summed E-state index contributed by atoms with van der Waals surface area (Å²) < 4.78 is 5.52. The van der Waals surface area contributed by atoms with Gasteiger partial charge in [0.25, 0.3) is 0 Å². The zero-order chi connectivity index (χ0) is 11.4. The second kappa shape index (κ2) is 12.9. The minimum absolute atomic E-state index is 0.494. The molecule has 1 atom stereocenters. The van der Waals surface area contributed by atoms with E-state index in [1.807, 2.05) is 27.7 Å². The Labute approximate surface area is 90.6 Å². The number of rotatable bonds is 2. The number of likely N-dealkylation sites (N-methyl/N-ethyl adjacent to an activating group) is 1. The van der Waals surface area contributed by atoms with Crippen LogP contribution >= 0.6 is 0 Å². The first-order valence-electron chi connectivity index (χ1n) is 6.20. The highest BCUT2D eigenvalue weighted by Crippen LogP contribution is 2.06. The maximum absolute atomic E-state index is 5.52. The van der Waals surface area contributed by atoms with Crippen molar-refractivity contribution < 1.29 is 4.74 Å². The van der Waals surface area contributed by atoms with E-state index in [1.165, 1.54) is 6.54 Å². The van der Waals surface area contributed by atoms with Crippen LogP contribution in [-0.2, 0) is 4.74 Å². The Morgan fingerprint density at radius 3 is 2.14 bits per heavy atom. The van der Waals surface area contributed by atoms with Gasteiger partial charge in [-0.1, -0.05) is 41.5 Å². The average molecular weight is 203 g/mol. The van der Waals surface area contributed by atoms with Crippen molar-refractivity contribution in [1.82, 2.24) is 4.90 Å². The lowest BCUT2D eigenvalue weighted by Crippen LogP contribution is -2.41. The molecule has 0 bridgehead atoms. The molecule has 0 aromatic heterocycles. The van der Waals surface area contributed by atoms with Crippen molar-refractivity contribution in [2.75, 3.05) is 26.2 Å². The van der Waals surface area contributed by atoms with Crippen molar-refractivity contribution in [2.24, 2.45) is 0 Å². The van der Waals surface area contributed by atoms with Crippen LogP contribution in [0.25, 0.3) is 0 Å². The van der Waals surface area contributed by atoms with Gasteiger partial charge in [0.15, 0.2) is 0 Å². The van der Waals surface area contributed by atoms with Crippen LogP contribution in [0.2, 0.25) is 0 Å². The molecule has 1 rings (SSSR count). The summed E-state index contributed by atoms with van der Waals surface area (Å²) >= 11 is 0. The van der Waals surface area contributed by atoms with E-state index in [1.54, 1.807) is 0 Å². The number of morpholine rings is 1. The van der Waals surface area contributed by atoms with Crippen molar-refractivity contribution >= 4 is 0 Å². The van der Waals surface area contributed by atoms with Crippen LogP contribution in [0.4, 0.5) is 0 Å². The predicted octanol–water partition coefficient (Wildman–Crippen LogP) is 3.17. The van der Waals surface area contributed by atoms with E-state index >= 15 is 0 Å². The molecule has 88 valence electrons. The maximum atomic E-state index is 5.52. The topological polar surface area (TPSA) is 12.5 Å². The highest BCUT2D eigenvalue weighted by molar-refractivity contribution is 4.68. The van der Waals surface area contributed by atoms with Gasteiger partial charge in [-0.05, 0) is 13.0 Å². The van der Waals surface area contributed by atoms with Crippen molar-refractivity contribution in [1.29, 1.82) is 0 Å². The summed E-state index contributed by atoms with van der Waals surface area (Å²) in [5, 5.41) is 0. The first-order valence-corrected chi connectivity index (χ1v) is 6.20. The van der Waals surface area contributed by atoms with Gasteiger partial charge in [0.1, 0.15) is 0 Å². The Hall–Kier alpha value is -0.0800. The molecule has 0 spiro atoms. The van der Waals surface area contributed by atoms with Gasteiger partial charge >= 0.3 is 0 Å². The highest BCUT2D eigenvalue weighted by Gasteiger charge is 2.16. The number of nitrogens with zero attached hydrogens (tertiary/aromatic N) is 1.